The highest BCUT2D eigenvalue weighted by Gasteiger charge is 2.39. The van der Waals surface area contributed by atoms with Gasteiger partial charge in [-0.3, -0.25) is 4.79 Å². The van der Waals surface area contributed by atoms with Gasteiger partial charge in [-0.05, 0) is 31.9 Å². The number of para-hydroxylation sites is 1. The molecule has 174 valence electrons. The van der Waals surface area contributed by atoms with E-state index >= 15 is 0 Å². The molecule has 0 unspecified atom stereocenters. The van der Waals surface area contributed by atoms with E-state index in [1.54, 1.807) is 35.2 Å². The van der Waals surface area contributed by atoms with Gasteiger partial charge in [-0.15, -0.1) is 0 Å². The fourth-order valence-corrected chi connectivity index (χ4v) is 3.48. The van der Waals surface area contributed by atoms with E-state index in [4.69, 9.17) is 4.74 Å². The van der Waals surface area contributed by atoms with Crippen molar-refractivity contribution < 1.29 is 27.5 Å². The number of piperidine rings is 1. The number of nitrogens with zero attached hydrogens (tertiary/aromatic N) is 3. The van der Waals surface area contributed by atoms with E-state index in [0.29, 0.717) is 25.4 Å². The molecule has 1 aliphatic rings. The third-order valence-electron chi connectivity index (χ3n) is 5.07. The van der Waals surface area contributed by atoms with Gasteiger partial charge in [-0.25, -0.2) is 9.48 Å². The molecule has 0 aliphatic carbocycles. The predicted octanol–water partition coefficient (Wildman–Crippen LogP) is 2.83. The molecular weight excluding hydrogens is 427 g/mol. The molecule has 2 aromatic rings. The Kier molecular flexibility index (Phi) is 7.73. The number of carbonyl (C=O) groups is 2. The van der Waals surface area contributed by atoms with Crippen molar-refractivity contribution in [3.05, 3.63) is 47.8 Å². The molecule has 0 bridgehead atoms. The summed E-state index contributed by atoms with van der Waals surface area (Å²) in [4.78, 5) is 26.3. The molecule has 0 spiro atoms. The zero-order chi connectivity index (χ0) is 23.1. The molecule has 0 radical (unpaired) electrons. The minimum atomic E-state index is -4.78. The number of carbonyl (C=O) groups excluding carboxylic acids is 2. The second-order valence-corrected chi connectivity index (χ2v) is 7.30. The van der Waals surface area contributed by atoms with E-state index in [2.05, 4.69) is 15.7 Å². The Balaban J connectivity index is 1.53. The number of alkyl halides is 3. The number of hydrogen-bond donors (Lipinski definition) is 2. The summed E-state index contributed by atoms with van der Waals surface area (Å²) < 4.78 is 46.7. The van der Waals surface area contributed by atoms with Crippen molar-refractivity contribution in [3.63, 3.8) is 0 Å². The molecule has 1 aromatic heterocycles. The minimum Gasteiger partial charge on any atom is -0.378 e. The van der Waals surface area contributed by atoms with Crippen LogP contribution in [0.1, 0.15) is 35.8 Å². The summed E-state index contributed by atoms with van der Waals surface area (Å²) in [6.07, 6.45) is -2.07. The van der Waals surface area contributed by atoms with E-state index < -0.39 is 23.3 Å². The lowest BCUT2D eigenvalue weighted by Gasteiger charge is -2.31. The molecule has 1 fully saturated rings. The van der Waals surface area contributed by atoms with Crippen LogP contribution in [0.15, 0.2) is 36.5 Å². The van der Waals surface area contributed by atoms with Gasteiger partial charge in [0.05, 0.1) is 17.4 Å². The molecule has 3 rings (SSSR count). The van der Waals surface area contributed by atoms with Gasteiger partial charge in [0.25, 0.3) is 5.91 Å². The molecule has 0 saturated carbocycles. The standard InChI is InChI=1S/C21H26F3N5O3/c1-2-32-16-8-12-28(13-9-16)20(31)26-11-10-25-19(30)17-14-29(15-6-4-3-5-7-15)27-18(17)21(22,23)24/h3-7,14,16H,2,8-13H2,1H3,(H,25,30)(H,26,31). The average Bonchev–Trinajstić information content (AvgIpc) is 3.24. The van der Waals surface area contributed by atoms with E-state index in [9.17, 15) is 22.8 Å². The van der Waals surface area contributed by atoms with Crippen LogP contribution < -0.4 is 10.6 Å². The van der Waals surface area contributed by atoms with Crippen LogP contribution in [0.3, 0.4) is 0 Å². The summed E-state index contributed by atoms with van der Waals surface area (Å²) in [7, 11) is 0. The molecule has 0 atom stereocenters. The van der Waals surface area contributed by atoms with Crippen molar-refractivity contribution >= 4 is 11.9 Å². The summed E-state index contributed by atoms with van der Waals surface area (Å²) in [5.74, 6) is -0.911. The number of amides is 3. The second kappa shape index (κ2) is 10.5. The lowest BCUT2D eigenvalue weighted by Crippen LogP contribution is -2.47. The van der Waals surface area contributed by atoms with Gasteiger partial charge in [0.2, 0.25) is 0 Å². The van der Waals surface area contributed by atoms with E-state index in [0.717, 1.165) is 23.7 Å². The zero-order valence-electron chi connectivity index (χ0n) is 17.7. The Morgan fingerprint density at radius 1 is 1.12 bits per heavy atom. The van der Waals surface area contributed by atoms with Crippen LogP contribution in [0.4, 0.5) is 18.0 Å². The van der Waals surface area contributed by atoms with Gasteiger partial charge >= 0.3 is 12.2 Å². The maximum absolute atomic E-state index is 13.4. The average molecular weight is 453 g/mol. The maximum Gasteiger partial charge on any atom is 0.435 e. The topological polar surface area (TPSA) is 88.5 Å². The molecule has 2 N–H and O–H groups in total. The van der Waals surface area contributed by atoms with Crippen molar-refractivity contribution in [2.24, 2.45) is 0 Å². The molecule has 1 aliphatic heterocycles. The first-order valence-electron chi connectivity index (χ1n) is 10.4. The number of ether oxygens (including phenoxy) is 1. The summed E-state index contributed by atoms with van der Waals surface area (Å²) in [6.45, 7) is 3.76. The number of likely N-dealkylation sites (tertiary alicyclic amines) is 1. The fourth-order valence-electron chi connectivity index (χ4n) is 3.48. The number of benzene rings is 1. The predicted molar refractivity (Wildman–Crippen MR) is 111 cm³/mol. The van der Waals surface area contributed by atoms with E-state index in [1.165, 1.54) is 0 Å². The van der Waals surface area contributed by atoms with Gasteiger partial charge in [0.15, 0.2) is 5.69 Å². The van der Waals surface area contributed by atoms with Crippen LogP contribution in [0, 0.1) is 0 Å². The maximum atomic E-state index is 13.4. The molecule has 2 heterocycles. The second-order valence-electron chi connectivity index (χ2n) is 7.30. The van der Waals surface area contributed by atoms with Crippen LogP contribution in [-0.4, -0.2) is 65.5 Å². The number of halogens is 3. The molecule has 3 amide bonds. The van der Waals surface area contributed by atoms with Crippen LogP contribution in [0.25, 0.3) is 5.69 Å². The highest BCUT2D eigenvalue weighted by atomic mass is 19.4. The summed E-state index contributed by atoms with van der Waals surface area (Å²) in [5, 5.41) is 8.64. The molecule has 8 nitrogen and oxygen atoms in total. The Bertz CT molecular complexity index is 909. The lowest BCUT2D eigenvalue weighted by molar-refractivity contribution is -0.141. The lowest BCUT2D eigenvalue weighted by atomic mass is 10.1. The minimum absolute atomic E-state index is 0.0200. The quantitative estimate of drug-likeness (QED) is 0.631. The van der Waals surface area contributed by atoms with Crippen molar-refractivity contribution in [2.45, 2.75) is 32.0 Å². The highest BCUT2D eigenvalue weighted by molar-refractivity contribution is 5.95. The summed E-state index contributed by atoms with van der Waals surface area (Å²) in [5.41, 5.74) is -1.44. The largest absolute Gasteiger partial charge is 0.435 e. The zero-order valence-corrected chi connectivity index (χ0v) is 17.7. The summed E-state index contributed by atoms with van der Waals surface area (Å²) in [6, 6.07) is 7.93. The van der Waals surface area contributed by atoms with Gasteiger partial charge in [0.1, 0.15) is 0 Å². The third-order valence-corrected chi connectivity index (χ3v) is 5.07. The number of aromatic nitrogens is 2. The van der Waals surface area contributed by atoms with Gasteiger partial charge in [0, 0.05) is 39.0 Å². The number of nitrogens with one attached hydrogen (secondary N) is 2. The fraction of sp³-hybridized carbons (Fsp3) is 0.476. The smallest absolute Gasteiger partial charge is 0.378 e. The molecule has 32 heavy (non-hydrogen) atoms. The Morgan fingerprint density at radius 2 is 1.78 bits per heavy atom. The first-order chi connectivity index (χ1) is 15.3. The van der Waals surface area contributed by atoms with Crippen molar-refractivity contribution in [1.29, 1.82) is 0 Å². The molecule has 1 aromatic carbocycles. The van der Waals surface area contributed by atoms with Crippen LogP contribution in [0.5, 0.6) is 0 Å². The van der Waals surface area contributed by atoms with Crippen LogP contribution in [0.2, 0.25) is 0 Å². The van der Waals surface area contributed by atoms with Crippen molar-refractivity contribution in [3.8, 4) is 5.69 Å². The Hall–Kier alpha value is -3.08. The first-order valence-corrected chi connectivity index (χ1v) is 10.4. The van der Waals surface area contributed by atoms with Crippen LogP contribution >= 0.6 is 0 Å². The number of urea groups is 1. The SMILES string of the molecule is CCOC1CCN(C(=O)NCCNC(=O)c2cn(-c3ccccc3)nc2C(F)(F)F)CC1. The van der Waals surface area contributed by atoms with Crippen LogP contribution in [-0.2, 0) is 10.9 Å². The first kappa shape index (κ1) is 23.6. The van der Waals surface area contributed by atoms with Gasteiger partial charge < -0.3 is 20.3 Å². The molecule has 1 saturated heterocycles. The number of rotatable bonds is 7. The van der Waals surface area contributed by atoms with Gasteiger partial charge in [-0.1, -0.05) is 18.2 Å². The normalized spacial score (nSPS) is 14.9. The third kappa shape index (κ3) is 6.00. The van der Waals surface area contributed by atoms with Crippen molar-refractivity contribution in [2.75, 3.05) is 32.8 Å². The highest BCUT2D eigenvalue weighted by Crippen LogP contribution is 2.31. The van der Waals surface area contributed by atoms with Gasteiger partial charge in [-0.2, -0.15) is 18.3 Å². The summed E-state index contributed by atoms with van der Waals surface area (Å²) >= 11 is 0. The van der Waals surface area contributed by atoms with E-state index in [1.807, 2.05) is 6.92 Å². The Labute approximate surface area is 183 Å². The Morgan fingerprint density at radius 3 is 2.41 bits per heavy atom. The van der Waals surface area contributed by atoms with Crippen molar-refractivity contribution in [1.82, 2.24) is 25.3 Å². The monoisotopic (exact) mass is 453 g/mol. The molecule has 11 heteroatoms. The van der Waals surface area contributed by atoms with E-state index in [-0.39, 0.29) is 25.2 Å². The molecular formula is C21H26F3N5O3. The number of hydrogen-bond acceptors (Lipinski definition) is 4.